The minimum absolute atomic E-state index is 0.222. The van der Waals surface area contributed by atoms with Crippen molar-refractivity contribution in [2.24, 2.45) is 17.6 Å². The van der Waals surface area contributed by atoms with E-state index in [1.807, 2.05) is 12.3 Å². The molecule has 2 N–H and O–H groups in total. The molecule has 0 saturated carbocycles. The van der Waals surface area contributed by atoms with Crippen molar-refractivity contribution in [3.05, 3.63) is 76.8 Å². The molecule has 0 atom stereocenters. The number of pyridine rings is 2. The first kappa shape index (κ1) is 29.8. The number of methoxy groups -OCH3 is 1. The number of hydrogen-bond donors (Lipinski definition) is 1. The Labute approximate surface area is 259 Å². The fourth-order valence-corrected chi connectivity index (χ4v) is 7.07. The van der Waals surface area contributed by atoms with Crippen LogP contribution >= 0.6 is 11.3 Å². The van der Waals surface area contributed by atoms with Gasteiger partial charge in [-0.05, 0) is 60.4 Å². The van der Waals surface area contributed by atoms with E-state index in [4.69, 9.17) is 24.9 Å². The number of ether oxygens (including phenoxy) is 1. The predicted molar refractivity (Wildman–Crippen MR) is 169 cm³/mol. The molecule has 0 unspecified atom stereocenters. The Bertz CT molecular complexity index is 1810. The van der Waals surface area contributed by atoms with Gasteiger partial charge in [0.25, 0.3) is 5.91 Å². The number of primary amides is 1. The third-order valence-electron chi connectivity index (χ3n) is 7.82. The summed E-state index contributed by atoms with van der Waals surface area (Å²) < 4.78 is 26.0. The number of benzene rings is 1. The highest BCUT2D eigenvalue weighted by Crippen LogP contribution is 2.45. The second kappa shape index (κ2) is 12.4. The SMILES string of the molecule is COCC1CN(c2nccc3cc(-c4c(C(N)=O)c(CC(C)C)nc(CCc5ccc(F)cc5)c4-c4nnc(C)o4)sc23)C1. The number of nitrogens with zero attached hydrogens (tertiary/aromatic N) is 5. The van der Waals surface area contributed by atoms with Crippen LogP contribution < -0.4 is 10.6 Å². The topological polar surface area (TPSA) is 120 Å². The molecular formula is C33H35FN6O3S. The molecule has 5 heterocycles. The Kier molecular flexibility index (Phi) is 8.42. The Morgan fingerprint density at radius 2 is 1.91 bits per heavy atom. The number of nitrogens with two attached hydrogens (primary N) is 1. The van der Waals surface area contributed by atoms with Crippen molar-refractivity contribution in [2.45, 2.75) is 40.0 Å². The summed E-state index contributed by atoms with van der Waals surface area (Å²) in [5, 5.41) is 9.51. The van der Waals surface area contributed by atoms with Crippen LogP contribution in [0.4, 0.5) is 10.2 Å². The molecule has 0 bridgehead atoms. The highest BCUT2D eigenvalue weighted by atomic mass is 32.1. The highest BCUT2D eigenvalue weighted by molar-refractivity contribution is 7.23. The van der Waals surface area contributed by atoms with Gasteiger partial charge in [0.15, 0.2) is 0 Å². The van der Waals surface area contributed by atoms with Crippen LogP contribution in [0.5, 0.6) is 0 Å². The molecule has 1 fully saturated rings. The molecule has 1 amide bonds. The van der Waals surface area contributed by atoms with Crippen LogP contribution in [0.1, 0.15) is 47.0 Å². The van der Waals surface area contributed by atoms with Crippen molar-refractivity contribution in [1.29, 1.82) is 0 Å². The average Bonchev–Trinajstić information content (AvgIpc) is 3.59. The van der Waals surface area contributed by atoms with Gasteiger partial charge in [0.05, 0.1) is 33.8 Å². The molecule has 1 aliphatic rings. The lowest BCUT2D eigenvalue weighted by Gasteiger charge is -2.39. The molecule has 1 aliphatic heterocycles. The van der Waals surface area contributed by atoms with Gasteiger partial charge < -0.3 is 19.8 Å². The molecule has 11 heteroatoms. The summed E-state index contributed by atoms with van der Waals surface area (Å²) in [6.45, 7) is 8.35. The molecule has 1 saturated heterocycles. The predicted octanol–water partition coefficient (Wildman–Crippen LogP) is 6.02. The van der Waals surface area contributed by atoms with Gasteiger partial charge in [-0.2, -0.15) is 0 Å². The van der Waals surface area contributed by atoms with Crippen LogP contribution in [-0.4, -0.2) is 52.9 Å². The zero-order valence-corrected chi connectivity index (χ0v) is 26.1. The second-order valence-corrected chi connectivity index (χ2v) is 12.8. The Morgan fingerprint density at radius 1 is 1.14 bits per heavy atom. The van der Waals surface area contributed by atoms with Crippen molar-refractivity contribution in [3.8, 4) is 21.9 Å². The van der Waals surface area contributed by atoms with E-state index in [2.05, 4.69) is 35.0 Å². The number of anilines is 1. The number of aryl methyl sites for hydroxylation is 3. The maximum absolute atomic E-state index is 13.6. The van der Waals surface area contributed by atoms with E-state index in [-0.39, 0.29) is 17.6 Å². The van der Waals surface area contributed by atoms with Gasteiger partial charge in [0.1, 0.15) is 11.6 Å². The minimum atomic E-state index is -0.563. The quantitative estimate of drug-likeness (QED) is 0.192. The van der Waals surface area contributed by atoms with Crippen LogP contribution in [-0.2, 0) is 24.0 Å². The highest BCUT2D eigenvalue weighted by Gasteiger charge is 2.32. The van der Waals surface area contributed by atoms with Crippen molar-refractivity contribution < 1.29 is 18.3 Å². The first-order valence-electron chi connectivity index (χ1n) is 14.7. The van der Waals surface area contributed by atoms with E-state index in [1.165, 1.54) is 12.1 Å². The lowest BCUT2D eigenvalue weighted by atomic mass is 9.91. The molecule has 0 radical (unpaired) electrons. The van der Waals surface area contributed by atoms with Crippen LogP contribution in [0.3, 0.4) is 0 Å². The molecule has 4 aromatic heterocycles. The average molecular weight is 615 g/mol. The Morgan fingerprint density at radius 3 is 2.57 bits per heavy atom. The van der Waals surface area contributed by atoms with E-state index in [0.29, 0.717) is 60.1 Å². The molecule has 9 nitrogen and oxygen atoms in total. The standard InChI is InChI=1S/C33H35FN6O3S/c1-18(2)13-25-27(31(35)41)29(26-14-22-11-12-36-32(30(22)44-26)40-15-21(16-40)17-42-4)28(33-39-38-19(3)43-33)24(37-25)10-7-20-5-8-23(34)9-6-20/h5-6,8-9,11-12,14,18,21H,7,10,13,15-17H2,1-4H3,(H2,35,41). The largest absolute Gasteiger partial charge is 0.421 e. The van der Waals surface area contributed by atoms with Gasteiger partial charge in [-0.15, -0.1) is 21.5 Å². The number of rotatable bonds is 11. The zero-order valence-electron chi connectivity index (χ0n) is 25.3. The van der Waals surface area contributed by atoms with E-state index in [1.54, 1.807) is 37.5 Å². The number of thiophene rings is 1. The molecule has 44 heavy (non-hydrogen) atoms. The summed E-state index contributed by atoms with van der Waals surface area (Å²) in [7, 11) is 1.72. The monoisotopic (exact) mass is 614 g/mol. The van der Waals surface area contributed by atoms with E-state index in [9.17, 15) is 9.18 Å². The fraction of sp³-hybridized carbons (Fsp3) is 0.364. The molecule has 6 rings (SSSR count). The first-order chi connectivity index (χ1) is 21.2. The van der Waals surface area contributed by atoms with Crippen molar-refractivity contribution in [3.63, 3.8) is 0 Å². The van der Waals surface area contributed by atoms with Gasteiger partial charge >= 0.3 is 0 Å². The zero-order chi connectivity index (χ0) is 31.0. The normalized spacial score (nSPS) is 13.6. The maximum Gasteiger partial charge on any atom is 0.251 e. The van der Waals surface area contributed by atoms with E-state index < -0.39 is 5.91 Å². The first-order valence-corrected chi connectivity index (χ1v) is 15.6. The number of amides is 1. The van der Waals surface area contributed by atoms with E-state index >= 15 is 0 Å². The minimum Gasteiger partial charge on any atom is -0.421 e. The fourth-order valence-electron chi connectivity index (χ4n) is 5.84. The molecule has 0 spiro atoms. The van der Waals surface area contributed by atoms with Gasteiger partial charge in [-0.3, -0.25) is 9.78 Å². The number of hydrogen-bond acceptors (Lipinski definition) is 9. The van der Waals surface area contributed by atoms with Gasteiger partial charge in [0.2, 0.25) is 11.8 Å². The van der Waals surface area contributed by atoms with Crippen LogP contribution in [0.15, 0.2) is 47.0 Å². The summed E-state index contributed by atoms with van der Waals surface area (Å²) in [6, 6.07) is 10.5. The Hall–Kier alpha value is -4.22. The van der Waals surface area contributed by atoms with Crippen molar-refractivity contribution in [2.75, 3.05) is 31.7 Å². The summed E-state index contributed by atoms with van der Waals surface area (Å²) >= 11 is 1.57. The van der Waals surface area contributed by atoms with Gasteiger partial charge in [-0.25, -0.2) is 9.37 Å². The third-order valence-corrected chi connectivity index (χ3v) is 8.98. The van der Waals surface area contributed by atoms with Crippen LogP contribution in [0.25, 0.3) is 32.0 Å². The van der Waals surface area contributed by atoms with Crippen LogP contribution in [0, 0.1) is 24.6 Å². The smallest absolute Gasteiger partial charge is 0.251 e. The lowest BCUT2D eigenvalue weighted by molar-refractivity contribution is 0.0999. The van der Waals surface area contributed by atoms with E-state index in [0.717, 1.165) is 45.1 Å². The second-order valence-electron chi connectivity index (χ2n) is 11.7. The number of aromatic nitrogens is 4. The third kappa shape index (κ3) is 5.94. The number of fused-ring (bicyclic) bond motifs is 1. The number of halogens is 1. The molecule has 1 aromatic carbocycles. The summed E-state index contributed by atoms with van der Waals surface area (Å²) in [5.74, 6) is 1.42. The van der Waals surface area contributed by atoms with Gasteiger partial charge in [0, 0.05) is 49.7 Å². The number of carbonyl (C=O) groups is 1. The van der Waals surface area contributed by atoms with Crippen LogP contribution in [0.2, 0.25) is 0 Å². The number of carbonyl (C=O) groups excluding carboxylic acids is 1. The molecule has 0 aliphatic carbocycles. The maximum atomic E-state index is 13.6. The summed E-state index contributed by atoms with van der Waals surface area (Å²) in [4.78, 5) is 26.2. The molecule has 228 valence electrons. The van der Waals surface area contributed by atoms with Crippen molar-refractivity contribution >= 4 is 33.1 Å². The molecular weight excluding hydrogens is 579 g/mol. The summed E-state index contributed by atoms with van der Waals surface area (Å²) in [6.07, 6.45) is 3.48. The molecule has 5 aromatic rings. The Balaban J connectivity index is 1.55. The van der Waals surface area contributed by atoms with Gasteiger partial charge in [-0.1, -0.05) is 26.0 Å². The lowest BCUT2D eigenvalue weighted by Crippen LogP contribution is -2.49. The van der Waals surface area contributed by atoms with Crippen molar-refractivity contribution in [1.82, 2.24) is 20.2 Å². The summed E-state index contributed by atoms with van der Waals surface area (Å²) in [5.41, 5.74) is 10.1.